The second kappa shape index (κ2) is 8.31. The van der Waals surface area contributed by atoms with Crippen LogP contribution < -0.4 is 9.96 Å². The smallest absolute Gasteiger partial charge is 0.392 e. The number of benzene rings is 2. The van der Waals surface area contributed by atoms with E-state index in [2.05, 4.69) is 6.92 Å². The van der Waals surface area contributed by atoms with Crippen molar-refractivity contribution in [3.05, 3.63) is 74.7 Å². The highest BCUT2D eigenvalue weighted by atomic mass is 35.5. The van der Waals surface area contributed by atoms with E-state index in [9.17, 15) is 15.1 Å². The summed E-state index contributed by atoms with van der Waals surface area (Å²) in [5.41, 5.74) is 2.65. The van der Waals surface area contributed by atoms with Gasteiger partial charge in [0, 0.05) is 12.6 Å². The predicted molar refractivity (Wildman–Crippen MR) is 108 cm³/mol. The number of nitrogens with zero attached hydrogens (tertiary/aromatic N) is 1. The van der Waals surface area contributed by atoms with Crippen molar-refractivity contribution in [1.29, 1.82) is 0 Å². The van der Waals surface area contributed by atoms with Crippen LogP contribution in [0.4, 0.5) is 11.4 Å². The first-order valence-corrected chi connectivity index (χ1v) is 9.50. The Morgan fingerprint density at radius 3 is 2.74 bits per heavy atom. The number of quaternary nitrogens is 1. The molecule has 2 aromatic carbocycles. The van der Waals surface area contributed by atoms with Crippen LogP contribution in [0.5, 0.6) is 0 Å². The van der Waals surface area contributed by atoms with Crippen LogP contribution in [-0.4, -0.2) is 17.6 Å². The van der Waals surface area contributed by atoms with E-state index in [1.54, 1.807) is 12.1 Å². The number of carboxylic acid groups (broad SMARTS) is 1. The molecule has 7 heteroatoms. The van der Waals surface area contributed by atoms with Gasteiger partial charge in [-0.05, 0) is 36.1 Å². The molecule has 1 aliphatic rings. The van der Waals surface area contributed by atoms with E-state index < -0.39 is 11.0 Å². The summed E-state index contributed by atoms with van der Waals surface area (Å²) in [7, 11) is 0. The van der Waals surface area contributed by atoms with Crippen LogP contribution >= 0.6 is 23.2 Å². The molecule has 0 aliphatic carbocycles. The zero-order valence-electron chi connectivity index (χ0n) is 14.8. The van der Waals surface area contributed by atoms with E-state index in [0.717, 1.165) is 29.7 Å². The molecule has 0 fully saturated rings. The first kappa shape index (κ1) is 19.7. The van der Waals surface area contributed by atoms with E-state index in [1.807, 2.05) is 29.2 Å². The summed E-state index contributed by atoms with van der Waals surface area (Å²) in [5, 5.41) is 22.6. The summed E-state index contributed by atoms with van der Waals surface area (Å²) in [6.45, 7) is 2.72. The lowest BCUT2D eigenvalue weighted by molar-refractivity contribution is -0.726. The fourth-order valence-corrected chi connectivity index (χ4v) is 3.51. The lowest BCUT2D eigenvalue weighted by Crippen LogP contribution is -3.02. The molecule has 0 amide bonds. The molecule has 0 bridgehead atoms. The van der Waals surface area contributed by atoms with Crippen molar-refractivity contribution in [2.24, 2.45) is 0 Å². The first-order valence-electron chi connectivity index (χ1n) is 8.74. The van der Waals surface area contributed by atoms with E-state index in [4.69, 9.17) is 23.2 Å². The van der Waals surface area contributed by atoms with E-state index in [1.165, 1.54) is 6.20 Å². The van der Waals surface area contributed by atoms with Crippen molar-refractivity contribution in [2.75, 3.05) is 11.4 Å². The van der Waals surface area contributed by atoms with E-state index in [-0.39, 0.29) is 5.70 Å². The first-order chi connectivity index (χ1) is 12.9. The number of nitrogens with one attached hydrogen (secondary N) is 1. The molecule has 1 heterocycles. The van der Waals surface area contributed by atoms with Crippen LogP contribution in [-0.2, 0) is 11.2 Å². The summed E-state index contributed by atoms with van der Waals surface area (Å²) in [5.74, 6) is -1.21. The molecule has 1 unspecified atom stereocenters. The van der Waals surface area contributed by atoms with Crippen molar-refractivity contribution >= 4 is 40.5 Å². The van der Waals surface area contributed by atoms with E-state index >= 15 is 0 Å². The van der Waals surface area contributed by atoms with Crippen molar-refractivity contribution in [2.45, 2.75) is 26.2 Å². The number of hydrogen-bond acceptors (Lipinski definition) is 3. The maximum absolute atomic E-state index is 12.7. The summed E-state index contributed by atoms with van der Waals surface area (Å²) >= 11 is 12.3. The van der Waals surface area contributed by atoms with Crippen LogP contribution in [0.15, 0.2) is 48.3 Å². The average molecular weight is 407 g/mol. The van der Waals surface area contributed by atoms with Crippen LogP contribution in [0, 0.1) is 5.21 Å². The highest BCUT2D eigenvalue weighted by molar-refractivity contribution is 6.42. The zero-order chi connectivity index (χ0) is 19.6. The van der Waals surface area contributed by atoms with Gasteiger partial charge in [-0.25, -0.2) is 4.79 Å². The molecular weight excluding hydrogens is 387 g/mol. The normalized spacial score (nSPS) is 16.1. The third kappa shape index (κ3) is 4.12. The largest absolute Gasteiger partial charge is 0.623 e. The average Bonchev–Trinajstić information content (AvgIpc) is 2.65. The van der Waals surface area contributed by atoms with Gasteiger partial charge in [-0.15, -0.1) is 0 Å². The molecule has 0 saturated heterocycles. The number of fused-ring (bicyclic) bond motifs is 1. The number of halogens is 2. The zero-order valence-corrected chi connectivity index (χ0v) is 16.3. The van der Waals surface area contributed by atoms with Crippen LogP contribution in [0.25, 0.3) is 0 Å². The molecule has 2 N–H and O–H groups in total. The minimum atomic E-state index is -1.21. The number of carbonyl (C=O) groups is 1. The maximum Gasteiger partial charge on any atom is 0.392 e. The number of anilines is 1. The lowest BCUT2D eigenvalue weighted by atomic mass is 10.0. The van der Waals surface area contributed by atoms with E-state index in [0.29, 0.717) is 28.7 Å². The summed E-state index contributed by atoms with van der Waals surface area (Å²) in [4.78, 5) is 13.4. The SMILES string of the molecule is CCCCN1C=C(C(=O)O)[NH+]([O-])c2cc(Cc3cccc(Cl)c3Cl)ccc21. The molecule has 3 rings (SSSR count). The Bertz CT molecular complexity index is 899. The van der Waals surface area contributed by atoms with Gasteiger partial charge in [-0.1, -0.05) is 54.7 Å². The Hall–Kier alpha value is -2.05. The molecule has 5 nitrogen and oxygen atoms in total. The molecule has 0 aromatic heterocycles. The van der Waals surface area contributed by atoms with Crippen LogP contribution in [0.2, 0.25) is 10.0 Å². The van der Waals surface area contributed by atoms with Gasteiger partial charge in [0.25, 0.3) is 0 Å². The van der Waals surface area contributed by atoms with Crippen molar-refractivity contribution < 1.29 is 15.0 Å². The monoisotopic (exact) mass is 406 g/mol. The Morgan fingerprint density at radius 2 is 2.04 bits per heavy atom. The molecule has 1 aliphatic heterocycles. The van der Waals surface area contributed by atoms with Gasteiger partial charge in [-0.3, -0.25) is 5.06 Å². The standard InChI is InChI=1S/C20H20Cl2N2O3/c1-2-3-9-23-12-18(20(25)26)24(27)17-11-13(7-8-16(17)23)10-14-5-4-6-15(21)19(14)22/h4-8,11-12,24H,2-3,9-10H2,1H3,(H,25,26). The molecule has 0 radical (unpaired) electrons. The number of hydroxylamine groups is 1. The number of carboxylic acids is 1. The summed E-state index contributed by atoms with van der Waals surface area (Å²) < 4.78 is 0. The Balaban J connectivity index is 1.97. The number of unbranched alkanes of at least 4 members (excludes halogenated alkanes) is 1. The van der Waals surface area contributed by atoms with Crippen molar-refractivity contribution in [1.82, 2.24) is 0 Å². The van der Waals surface area contributed by atoms with Crippen LogP contribution in [0.3, 0.4) is 0 Å². The second-order valence-electron chi connectivity index (χ2n) is 6.47. The van der Waals surface area contributed by atoms with Crippen molar-refractivity contribution in [3.8, 4) is 0 Å². The molecule has 27 heavy (non-hydrogen) atoms. The Labute approximate surface area is 168 Å². The third-order valence-corrected chi connectivity index (χ3v) is 5.41. The van der Waals surface area contributed by atoms with Gasteiger partial charge in [0.05, 0.1) is 16.2 Å². The van der Waals surface area contributed by atoms with Gasteiger partial charge in [0.2, 0.25) is 5.70 Å². The maximum atomic E-state index is 12.7. The molecule has 0 saturated carbocycles. The topological polar surface area (TPSA) is 68.0 Å². The Morgan fingerprint density at radius 1 is 1.26 bits per heavy atom. The van der Waals surface area contributed by atoms with Gasteiger partial charge in [0.15, 0.2) is 5.69 Å². The van der Waals surface area contributed by atoms with Gasteiger partial charge in [0.1, 0.15) is 5.69 Å². The highest BCUT2D eigenvalue weighted by Gasteiger charge is 2.29. The quantitative estimate of drug-likeness (QED) is 0.707. The summed E-state index contributed by atoms with van der Waals surface area (Å²) in [6, 6.07) is 11.0. The predicted octanol–water partition coefficient (Wildman–Crippen LogP) is 4.14. The molecular formula is C20H20Cl2N2O3. The van der Waals surface area contributed by atoms with Crippen LogP contribution in [0.1, 0.15) is 30.9 Å². The highest BCUT2D eigenvalue weighted by Crippen LogP contribution is 2.32. The Kier molecular flexibility index (Phi) is 6.07. The second-order valence-corrected chi connectivity index (χ2v) is 7.25. The minimum absolute atomic E-state index is 0.212. The molecule has 0 spiro atoms. The van der Waals surface area contributed by atoms with Gasteiger partial charge >= 0.3 is 5.97 Å². The number of aliphatic carboxylic acids is 1. The number of hydrogen-bond donors (Lipinski definition) is 2. The van der Waals surface area contributed by atoms with Crippen molar-refractivity contribution in [3.63, 3.8) is 0 Å². The van der Waals surface area contributed by atoms with Gasteiger partial charge < -0.3 is 15.2 Å². The number of rotatable bonds is 6. The van der Waals surface area contributed by atoms with Gasteiger partial charge in [-0.2, -0.15) is 0 Å². The summed E-state index contributed by atoms with van der Waals surface area (Å²) in [6.07, 6.45) is 3.81. The fraction of sp³-hybridized carbons (Fsp3) is 0.250. The third-order valence-electron chi connectivity index (χ3n) is 4.55. The lowest BCUT2D eigenvalue weighted by Gasteiger charge is -2.34. The fourth-order valence-electron chi connectivity index (χ4n) is 3.13. The molecule has 1 atom stereocenters. The minimum Gasteiger partial charge on any atom is -0.623 e. The molecule has 2 aromatic rings. The molecule has 142 valence electrons.